The molecule has 1 saturated carbocycles. The highest BCUT2D eigenvalue weighted by Gasteiger charge is 2.26. The molecular formula is C22H33N5OS. The molecule has 0 saturated heterocycles. The zero-order valence-corrected chi connectivity index (χ0v) is 18.3. The van der Waals surface area contributed by atoms with Gasteiger partial charge in [0.05, 0.1) is 13.1 Å². The van der Waals surface area contributed by atoms with Gasteiger partial charge in [0.1, 0.15) is 0 Å². The van der Waals surface area contributed by atoms with Crippen LogP contribution in [0.1, 0.15) is 50.7 Å². The molecule has 29 heavy (non-hydrogen) atoms. The van der Waals surface area contributed by atoms with Crippen molar-refractivity contribution in [2.75, 3.05) is 12.3 Å². The summed E-state index contributed by atoms with van der Waals surface area (Å²) < 4.78 is 14.2. The Morgan fingerprint density at radius 1 is 1.24 bits per heavy atom. The van der Waals surface area contributed by atoms with Gasteiger partial charge in [-0.15, -0.1) is 0 Å². The largest absolute Gasteiger partial charge is 0.357 e. The minimum atomic E-state index is -0.714. The van der Waals surface area contributed by atoms with Crippen molar-refractivity contribution in [1.29, 1.82) is 0 Å². The number of aromatic nitrogens is 2. The molecule has 2 N–H and O–H groups in total. The van der Waals surface area contributed by atoms with Crippen LogP contribution < -0.4 is 10.6 Å². The fourth-order valence-corrected chi connectivity index (χ4v) is 5.21. The maximum atomic E-state index is 12.2. The first-order valence-corrected chi connectivity index (χ1v) is 12.0. The van der Waals surface area contributed by atoms with Gasteiger partial charge in [-0.25, -0.2) is 4.99 Å². The Morgan fingerprint density at radius 2 is 2.07 bits per heavy atom. The average Bonchev–Trinajstić information content (AvgIpc) is 3.26. The van der Waals surface area contributed by atoms with Gasteiger partial charge in [0, 0.05) is 46.8 Å². The lowest BCUT2D eigenvalue weighted by atomic mass is 9.95. The number of rotatable bonds is 8. The van der Waals surface area contributed by atoms with E-state index >= 15 is 0 Å². The van der Waals surface area contributed by atoms with E-state index in [2.05, 4.69) is 46.9 Å². The second-order valence-corrected chi connectivity index (χ2v) is 9.47. The standard InChI is InChI=1S/C22H33N5OS/c1-3-23-22(26-20-11-7-12-21(15-20)29(28)4-2)24-16-18-9-5-6-10-19(18)17-27-14-8-13-25-27/h5-6,8-10,13-14,20-21H,3-4,7,11-12,15-17H2,1-2H3,(H2,23,24,26). The molecule has 6 nitrogen and oxygen atoms in total. The Kier molecular flexibility index (Phi) is 8.28. The van der Waals surface area contributed by atoms with Crippen LogP contribution in [0, 0.1) is 0 Å². The lowest BCUT2D eigenvalue weighted by Crippen LogP contribution is -2.46. The molecule has 0 amide bonds. The van der Waals surface area contributed by atoms with Crippen LogP contribution in [0.15, 0.2) is 47.7 Å². The Labute approximate surface area is 176 Å². The van der Waals surface area contributed by atoms with Crippen molar-refractivity contribution >= 4 is 16.8 Å². The van der Waals surface area contributed by atoms with Crippen LogP contribution in [0.5, 0.6) is 0 Å². The van der Waals surface area contributed by atoms with Gasteiger partial charge in [-0.1, -0.05) is 37.6 Å². The SMILES string of the molecule is CCNC(=NCc1ccccc1Cn1cccn1)NC1CCCC(S(=O)CC)C1. The van der Waals surface area contributed by atoms with E-state index in [1.807, 2.05) is 23.9 Å². The fraction of sp³-hybridized carbons (Fsp3) is 0.545. The Morgan fingerprint density at radius 3 is 2.79 bits per heavy atom. The molecule has 1 aromatic carbocycles. The van der Waals surface area contributed by atoms with Crippen molar-refractivity contribution in [3.8, 4) is 0 Å². The Bertz CT molecular complexity index is 805. The number of hydrogen-bond acceptors (Lipinski definition) is 3. The molecule has 3 atom stereocenters. The highest BCUT2D eigenvalue weighted by Crippen LogP contribution is 2.23. The van der Waals surface area contributed by atoms with Crippen LogP contribution >= 0.6 is 0 Å². The van der Waals surface area contributed by atoms with Gasteiger partial charge in [-0.3, -0.25) is 8.89 Å². The molecule has 1 aliphatic carbocycles. The third kappa shape index (κ3) is 6.42. The molecule has 0 spiro atoms. The van der Waals surface area contributed by atoms with Gasteiger partial charge in [0.15, 0.2) is 5.96 Å². The minimum Gasteiger partial charge on any atom is -0.357 e. The smallest absolute Gasteiger partial charge is 0.191 e. The van der Waals surface area contributed by atoms with E-state index in [1.165, 1.54) is 11.1 Å². The van der Waals surface area contributed by atoms with Gasteiger partial charge in [0.2, 0.25) is 0 Å². The normalized spacial score (nSPS) is 21.0. The molecule has 1 aliphatic rings. The molecule has 0 radical (unpaired) electrons. The molecular weight excluding hydrogens is 382 g/mol. The summed E-state index contributed by atoms with van der Waals surface area (Å²) in [6.45, 7) is 6.27. The van der Waals surface area contributed by atoms with Crippen molar-refractivity contribution in [3.05, 3.63) is 53.9 Å². The molecule has 2 aromatic rings. The Balaban J connectivity index is 1.66. The highest BCUT2D eigenvalue weighted by atomic mass is 32.2. The van der Waals surface area contributed by atoms with Crippen molar-refractivity contribution in [1.82, 2.24) is 20.4 Å². The van der Waals surface area contributed by atoms with E-state index < -0.39 is 10.8 Å². The predicted molar refractivity (Wildman–Crippen MR) is 120 cm³/mol. The van der Waals surface area contributed by atoms with Gasteiger partial charge < -0.3 is 10.6 Å². The zero-order valence-electron chi connectivity index (χ0n) is 17.5. The van der Waals surface area contributed by atoms with Crippen LogP contribution in [0.25, 0.3) is 0 Å². The van der Waals surface area contributed by atoms with Crippen molar-refractivity contribution < 1.29 is 4.21 Å². The summed E-state index contributed by atoms with van der Waals surface area (Å²) in [6, 6.07) is 10.7. The van der Waals surface area contributed by atoms with Gasteiger partial charge in [-0.05, 0) is 43.4 Å². The lowest BCUT2D eigenvalue weighted by molar-refractivity contribution is 0.413. The fourth-order valence-electron chi connectivity index (χ4n) is 3.86. The average molecular weight is 416 g/mol. The minimum absolute atomic E-state index is 0.309. The zero-order chi connectivity index (χ0) is 20.5. The number of benzene rings is 1. The van der Waals surface area contributed by atoms with Crippen molar-refractivity contribution in [2.24, 2.45) is 4.99 Å². The monoisotopic (exact) mass is 415 g/mol. The van der Waals surface area contributed by atoms with E-state index in [9.17, 15) is 4.21 Å². The molecule has 1 heterocycles. The van der Waals surface area contributed by atoms with Crippen molar-refractivity contribution in [2.45, 2.75) is 63.9 Å². The summed E-state index contributed by atoms with van der Waals surface area (Å²) in [4.78, 5) is 4.85. The van der Waals surface area contributed by atoms with Crippen LogP contribution in [-0.4, -0.2) is 43.5 Å². The van der Waals surface area contributed by atoms with Crippen molar-refractivity contribution in [3.63, 3.8) is 0 Å². The molecule has 1 aromatic heterocycles. The summed E-state index contributed by atoms with van der Waals surface area (Å²) >= 11 is 0. The predicted octanol–water partition coefficient (Wildman–Crippen LogP) is 3.07. The molecule has 1 fully saturated rings. The summed E-state index contributed by atoms with van der Waals surface area (Å²) in [5, 5.41) is 11.6. The molecule has 0 aliphatic heterocycles. The number of nitrogens with one attached hydrogen (secondary N) is 2. The third-order valence-electron chi connectivity index (χ3n) is 5.38. The first-order chi connectivity index (χ1) is 14.2. The maximum Gasteiger partial charge on any atom is 0.191 e. The quantitative estimate of drug-likeness (QED) is 0.513. The van der Waals surface area contributed by atoms with Gasteiger partial charge in [0.25, 0.3) is 0 Å². The molecule has 0 bridgehead atoms. The van der Waals surface area contributed by atoms with E-state index in [0.29, 0.717) is 17.8 Å². The van der Waals surface area contributed by atoms with E-state index in [0.717, 1.165) is 50.5 Å². The number of nitrogens with zero attached hydrogens (tertiary/aromatic N) is 3. The third-order valence-corrected chi connectivity index (χ3v) is 7.13. The second-order valence-electron chi connectivity index (χ2n) is 7.47. The van der Waals surface area contributed by atoms with Crippen LogP contribution in [-0.2, 0) is 23.9 Å². The number of guanidine groups is 1. The summed E-state index contributed by atoms with van der Waals surface area (Å²) in [5.74, 6) is 1.59. The highest BCUT2D eigenvalue weighted by molar-refractivity contribution is 7.85. The lowest BCUT2D eigenvalue weighted by Gasteiger charge is -2.30. The van der Waals surface area contributed by atoms with Gasteiger partial charge in [-0.2, -0.15) is 5.10 Å². The first-order valence-electron chi connectivity index (χ1n) is 10.7. The maximum absolute atomic E-state index is 12.2. The molecule has 158 valence electrons. The summed E-state index contributed by atoms with van der Waals surface area (Å²) in [7, 11) is -0.714. The first kappa shape index (κ1) is 21.6. The van der Waals surface area contributed by atoms with E-state index in [1.54, 1.807) is 6.20 Å². The molecule has 7 heteroatoms. The number of aliphatic imine (C=N–C) groups is 1. The van der Waals surface area contributed by atoms with Crippen LogP contribution in [0.4, 0.5) is 0 Å². The van der Waals surface area contributed by atoms with E-state index in [4.69, 9.17) is 4.99 Å². The number of hydrogen-bond donors (Lipinski definition) is 2. The van der Waals surface area contributed by atoms with Crippen LogP contribution in [0.3, 0.4) is 0 Å². The Hall–Kier alpha value is -2.15. The molecule has 3 rings (SSSR count). The topological polar surface area (TPSA) is 71.3 Å². The molecule has 3 unspecified atom stereocenters. The van der Waals surface area contributed by atoms with E-state index in [-0.39, 0.29) is 0 Å². The van der Waals surface area contributed by atoms with Gasteiger partial charge >= 0.3 is 0 Å². The van der Waals surface area contributed by atoms with Crippen LogP contribution in [0.2, 0.25) is 0 Å². The summed E-state index contributed by atoms with van der Waals surface area (Å²) in [6.07, 6.45) is 8.05. The summed E-state index contributed by atoms with van der Waals surface area (Å²) in [5.41, 5.74) is 2.43. The second kappa shape index (κ2) is 11.1.